The normalized spacial score (nSPS) is 16.1. The highest BCUT2D eigenvalue weighted by atomic mass is 79.9. The van der Waals surface area contributed by atoms with Crippen molar-refractivity contribution in [2.75, 3.05) is 0 Å². The zero-order valence-corrected chi connectivity index (χ0v) is 9.55. The summed E-state index contributed by atoms with van der Waals surface area (Å²) in [5.74, 6) is -1.49. The largest absolute Gasteiger partial charge is 0.478 e. The van der Waals surface area contributed by atoms with Gasteiger partial charge >= 0.3 is 5.97 Å². The van der Waals surface area contributed by atoms with Crippen LogP contribution < -0.4 is 0 Å². The van der Waals surface area contributed by atoms with Gasteiger partial charge in [0.1, 0.15) is 11.4 Å². The Hall–Kier alpha value is -0.900. The molecule has 0 bridgehead atoms. The van der Waals surface area contributed by atoms with E-state index >= 15 is 0 Å². The van der Waals surface area contributed by atoms with Gasteiger partial charge in [0.15, 0.2) is 0 Å². The Morgan fingerprint density at radius 1 is 1.47 bits per heavy atom. The summed E-state index contributed by atoms with van der Waals surface area (Å²) < 4.78 is 13.8. The number of hydrogen-bond donors (Lipinski definition) is 1. The molecule has 0 unspecified atom stereocenters. The SMILES string of the molecule is O=C(O)c1c(F)cc(C2CCC2)cc1Br. The van der Waals surface area contributed by atoms with E-state index in [1.165, 1.54) is 12.5 Å². The lowest BCUT2D eigenvalue weighted by atomic mass is 9.80. The lowest BCUT2D eigenvalue weighted by molar-refractivity contribution is 0.0690. The number of halogens is 2. The fraction of sp³-hybridized carbons (Fsp3) is 0.364. The van der Waals surface area contributed by atoms with Crippen molar-refractivity contribution >= 4 is 21.9 Å². The second kappa shape index (κ2) is 3.93. The molecule has 0 aliphatic heterocycles. The van der Waals surface area contributed by atoms with Crippen LogP contribution in [0.5, 0.6) is 0 Å². The van der Waals surface area contributed by atoms with Crippen molar-refractivity contribution in [3.63, 3.8) is 0 Å². The van der Waals surface area contributed by atoms with Gasteiger partial charge in [-0.05, 0) is 52.4 Å². The number of aromatic carboxylic acids is 1. The minimum Gasteiger partial charge on any atom is -0.478 e. The van der Waals surface area contributed by atoms with E-state index in [1.807, 2.05) is 0 Å². The molecule has 1 aliphatic rings. The highest BCUT2D eigenvalue weighted by Gasteiger charge is 2.23. The van der Waals surface area contributed by atoms with E-state index in [0.717, 1.165) is 18.4 Å². The average Bonchev–Trinajstić information content (AvgIpc) is 1.97. The van der Waals surface area contributed by atoms with E-state index in [0.29, 0.717) is 10.4 Å². The molecule has 0 aromatic heterocycles. The molecule has 1 saturated carbocycles. The summed E-state index contributed by atoms with van der Waals surface area (Å²) in [6.07, 6.45) is 3.31. The lowest BCUT2D eigenvalue weighted by Crippen LogP contribution is -2.11. The molecule has 1 aromatic rings. The molecular formula is C11H10BrFO2. The van der Waals surface area contributed by atoms with Gasteiger partial charge in [-0.2, -0.15) is 0 Å². The summed E-state index contributed by atoms with van der Waals surface area (Å²) in [4.78, 5) is 10.7. The zero-order chi connectivity index (χ0) is 11.0. The van der Waals surface area contributed by atoms with Gasteiger partial charge < -0.3 is 5.11 Å². The van der Waals surface area contributed by atoms with Crippen LogP contribution in [0.2, 0.25) is 0 Å². The number of carbonyl (C=O) groups is 1. The third-order valence-electron chi connectivity index (χ3n) is 2.85. The van der Waals surface area contributed by atoms with Gasteiger partial charge in [-0.15, -0.1) is 0 Å². The second-order valence-electron chi connectivity index (χ2n) is 3.79. The first kappa shape index (κ1) is 10.6. The van der Waals surface area contributed by atoms with Crippen LogP contribution in [-0.2, 0) is 0 Å². The molecule has 1 fully saturated rings. The van der Waals surface area contributed by atoms with Gasteiger partial charge in [-0.3, -0.25) is 0 Å². The summed E-state index contributed by atoms with van der Waals surface area (Å²) in [5.41, 5.74) is 0.619. The van der Waals surface area contributed by atoms with Crippen molar-refractivity contribution in [1.29, 1.82) is 0 Å². The average molecular weight is 273 g/mol. The molecule has 80 valence electrons. The minimum absolute atomic E-state index is 0.280. The van der Waals surface area contributed by atoms with Gasteiger partial charge in [0.2, 0.25) is 0 Å². The van der Waals surface area contributed by atoms with Crippen molar-refractivity contribution < 1.29 is 14.3 Å². The van der Waals surface area contributed by atoms with Crippen molar-refractivity contribution in [1.82, 2.24) is 0 Å². The Kier molecular flexibility index (Phi) is 2.78. The molecule has 0 saturated heterocycles. The molecule has 2 rings (SSSR count). The fourth-order valence-corrected chi connectivity index (χ4v) is 2.40. The quantitative estimate of drug-likeness (QED) is 0.894. The zero-order valence-electron chi connectivity index (χ0n) is 7.96. The molecule has 0 radical (unpaired) electrons. The van der Waals surface area contributed by atoms with Crippen LogP contribution in [0, 0.1) is 5.82 Å². The van der Waals surface area contributed by atoms with Crippen LogP contribution in [-0.4, -0.2) is 11.1 Å². The fourth-order valence-electron chi connectivity index (χ4n) is 1.77. The summed E-state index contributed by atoms with van der Waals surface area (Å²) in [6, 6.07) is 3.06. The Morgan fingerprint density at radius 3 is 2.53 bits per heavy atom. The summed E-state index contributed by atoms with van der Waals surface area (Å²) in [7, 11) is 0. The van der Waals surface area contributed by atoms with Crippen LogP contribution in [0.1, 0.15) is 41.1 Å². The number of hydrogen-bond acceptors (Lipinski definition) is 1. The predicted octanol–water partition coefficient (Wildman–Crippen LogP) is 3.55. The highest BCUT2D eigenvalue weighted by Crippen LogP contribution is 2.38. The molecule has 1 N–H and O–H groups in total. The van der Waals surface area contributed by atoms with Gasteiger partial charge in [0.25, 0.3) is 0 Å². The standard InChI is InChI=1S/C11H10BrFO2/c12-8-4-7(6-2-1-3-6)5-9(13)10(8)11(14)15/h4-6H,1-3H2,(H,14,15). The molecule has 0 spiro atoms. The predicted molar refractivity (Wildman–Crippen MR) is 57.7 cm³/mol. The molecular weight excluding hydrogens is 263 g/mol. The first-order valence-electron chi connectivity index (χ1n) is 4.82. The van der Waals surface area contributed by atoms with Crippen molar-refractivity contribution in [2.24, 2.45) is 0 Å². The van der Waals surface area contributed by atoms with Crippen molar-refractivity contribution in [2.45, 2.75) is 25.2 Å². The number of carboxylic acid groups (broad SMARTS) is 1. The summed E-state index contributed by atoms with van der Waals surface area (Å²) in [6.45, 7) is 0. The Bertz CT molecular complexity index is 390. The van der Waals surface area contributed by atoms with Gasteiger partial charge in [-0.1, -0.05) is 6.42 Å². The van der Waals surface area contributed by atoms with Crippen LogP contribution in [0.4, 0.5) is 4.39 Å². The van der Waals surface area contributed by atoms with Crippen LogP contribution in [0.15, 0.2) is 16.6 Å². The summed E-state index contributed by atoms with van der Waals surface area (Å²) in [5, 5.41) is 8.78. The minimum atomic E-state index is -1.24. The third kappa shape index (κ3) is 1.91. The Morgan fingerprint density at radius 2 is 2.13 bits per heavy atom. The molecule has 0 amide bonds. The van der Waals surface area contributed by atoms with Crippen molar-refractivity contribution in [3.8, 4) is 0 Å². The van der Waals surface area contributed by atoms with Crippen molar-refractivity contribution in [3.05, 3.63) is 33.5 Å². The van der Waals surface area contributed by atoms with E-state index < -0.39 is 11.8 Å². The monoisotopic (exact) mass is 272 g/mol. The molecule has 2 nitrogen and oxygen atoms in total. The Balaban J connectivity index is 2.42. The summed E-state index contributed by atoms with van der Waals surface area (Å²) >= 11 is 3.10. The third-order valence-corrected chi connectivity index (χ3v) is 3.48. The van der Waals surface area contributed by atoms with Gasteiger partial charge in [0.05, 0.1) is 0 Å². The van der Waals surface area contributed by atoms with E-state index in [1.54, 1.807) is 6.07 Å². The number of carboxylic acids is 1. The highest BCUT2D eigenvalue weighted by molar-refractivity contribution is 9.10. The maximum atomic E-state index is 13.5. The second-order valence-corrected chi connectivity index (χ2v) is 4.65. The van der Waals surface area contributed by atoms with E-state index in [2.05, 4.69) is 15.9 Å². The van der Waals surface area contributed by atoms with Gasteiger partial charge in [0, 0.05) is 4.47 Å². The van der Waals surface area contributed by atoms with Crippen LogP contribution in [0.25, 0.3) is 0 Å². The van der Waals surface area contributed by atoms with E-state index in [-0.39, 0.29) is 5.56 Å². The molecule has 4 heteroatoms. The lowest BCUT2D eigenvalue weighted by Gasteiger charge is -2.26. The first-order chi connectivity index (χ1) is 7.09. The van der Waals surface area contributed by atoms with Crippen LogP contribution >= 0.6 is 15.9 Å². The molecule has 1 aliphatic carbocycles. The van der Waals surface area contributed by atoms with Crippen LogP contribution in [0.3, 0.4) is 0 Å². The molecule has 1 aromatic carbocycles. The van der Waals surface area contributed by atoms with E-state index in [9.17, 15) is 9.18 Å². The maximum Gasteiger partial charge on any atom is 0.339 e. The molecule has 15 heavy (non-hydrogen) atoms. The maximum absolute atomic E-state index is 13.5. The first-order valence-corrected chi connectivity index (χ1v) is 5.61. The topological polar surface area (TPSA) is 37.3 Å². The number of rotatable bonds is 2. The molecule has 0 atom stereocenters. The number of benzene rings is 1. The molecule has 0 heterocycles. The Labute approximate surface area is 95.2 Å². The van der Waals surface area contributed by atoms with E-state index in [4.69, 9.17) is 5.11 Å². The smallest absolute Gasteiger partial charge is 0.339 e. The van der Waals surface area contributed by atoms with Gasteiger partial charge in [-0.25, -0.2) is 9.18 Å².